The Labute approximate surface area is 325 Å². The number of anilines is 3. The van der Waals surface area contributed by atoms with Gasteiger partial charge in [0.25, 0.3) is 0 Å². The van der Waals surface area contributed by atoms with E-state index in [1.807, 2.05) is 0 Å². The van der Waals surface area contributed by atoms with E-state index in [0.717, 1.165) is 55.5 Å². The minimum Gasteiger partial charge on any atom is -0.455 e. The molecule has 2 nitrogen and oxygen atoms in total. The fraction of sp³-hybridized carbons (Fsp3) is 0. The van der Waals surface area contributed by atoms with Gasteiger partial charge in [0.15, 0.2) is 0 Å². The number of furan rings is 1. The van der Waals surface area contributed by atoms with Gasteiger partial charge in [-0.15, -0.1) is 0 Å². The predicted molar refractivity (Wildman–Crippen MR) is 237 cm³/mol. The van der Waals surface area contributed by atoms with Gasteiger partial charge in [0.1, 0.15) is 11.2 Å². The molecule has 1 heterocycles. The monoisotopic (exact) mass is 713 g/mol. The van der Waals surface area contributed by atoms with Crippen molar-refractivity contribution in [3.8, 4) is 33.4 Å². The molecule has 11 aromatic rings. The molecule has 0 radical (unpaired) electrons. The molecule has 0 fully saturated rings. The molecular formula is C54H35NO. The van der Waals surface area contributed by atoms with Crippen LogP contribution >= 0.6 is 0 Å². The predicted octanol–water partition coefficient (Wildman–Crippen LogP) is 15.5. The molecule has 0 saturated heterocycles. The van der Waals surface area contributed by atoms with Crippen LogP contribution in [0.2, 0.25) is 0 Å². The Balaban J connectivity index is 1.16. The molecule has 262 valence electrons. The van der Waals surface area contributed by atoms with E-state index in [9.17, 15) is 0 Å². The van der Waals surface area contributed by atoms with E-state index in [1.54, 1.807) is 0 Å². The molecule has 0 bridgehead atoms. The molecule has 0 spiro atoms. The Morgan fingerprint density at radius 1 is 0.321 bits per heavy atom. The van der Waals surface area contributed by atoms with Crippen LogP contribution in [-0.4, -0.2) is 0 Å². The molecule has 0 unspecified atom stereocenters. The normalized spacial score (nSPS) is 11.6. The third-order valence-electron chi connectivity index (χ3n) is 11.2. The van der Waals surface area contributed by atoms with Crippen LogP contribution in [0.5, 0.6) is 0 Å². The molecule has 1 aromatic heterocycles. The first-order valence-electron chi connectivity index (χ1n) is 19.2. The van der Waals surface area contributed by atoms with Crippen LogP contribution in [-0.2, 0) is 0 Å². The molecular weight excluding hydrogens is 679 g/mol. The van der Waals surface area contributed by atoms with Gasteiger partial charge >= 0.3 is 0 Å². The van der Waals surface area contributed by atoms with E-state index in [1.165, 1.54) is 49.2 Å². The van der Waals surface area contributed by atoms with Gasteiger partial charge in [-0.2, -0.15) is 0 Å². The van der Waals surface area contributed by atoms with Crippen molar-refractivity contribution >= 4 is 71.3 Å². The lowest BCUT2D eigenvalue weighted by Crippen LogP contribution is -2.11. The molecule has 0 aliphatic carbocycles. The summed E-state index contributed by atoms with van der Waals surface area (Å²) in [6.07, 6.45) is 0. The van der Waals surface area contributed by atoms with Crippen molar-refractivity contribution in [3.63, 3.8) is 0 Å². The Hall–Kier alpha value is -7.42. The quantitative estimate of drug-likeness (QED) is 0.171. The minimum atomic E-state index is 0.881. The molecule has 0 saturated carbocycles. The van der Waals surface area contributed by atoms with Gasteiger partial charge in [-0.1, -0.05) is 170 Å². The van der Waals surface area contributed by atoms with Crippen LogP contribution in [0.15, 0.2) is 217 Å². The Bertz CT molecular complexity index is 3150. The van der Waals surface area contributed by atoms with Crippen LogP contribution in [0.1, 0.15) is 0 Å². The average Bonchev–Trinajstić information content (AvgIpc) is 3.66. The SMILES string of the molecule is c1cc(-c2cccc3ccccc23)cc(N(c2cccc(-c3cccc4ccccc34)c2)c2ccccc2-c2cccc3oc4c5ccccc5ccc4c23)c1. The first-order chi connectivity index (χ1) is 27.8. The maximum absolute atomic E-state index is 6.68. The van der Waals surface area contributed by atoms with Crippen LogP contribution in [0.3, 0.4) is 0 Å². The molecule has 2 heteroatoms. The Morgan fingerprint density at radius 2 is 0.804 bits per heavy atom. The highest BCUT2D eigenvalue weighted by Gasteiger charge is 2.22. The van der Waals surface area contributed by atoms with E-state index < -0.39 is 0 Å². The summed E-state index contributed by atoms with van der Waals surface area (Å²) in [6, 6.07) is 76.5. The highest BCUT2D eigenvalue weighted by atomic mass is 16.3. The van der Waals surface area contributed by atoms with E-state index in [4.69, 9.17) is 4.42 Å². The van der Waals surface area contributed by atoms with Crippen molar-refractivity contribution in [2.45, 2.75) is 0 Å². The van der Waals surface area contributed by atoms with E-state index in [0.29, 0.717) is 0 Å². The summed E-state index contributed by atoms with van der Waals surface area (Å²) in [6.45, 7) is 0. The molecule has 0 amide bonds. The third kappa shape index (κ3) is 5.26. The maximum Gasteiger partial charge on any atom is 0.143 e. The summed E-state index contributed by atoms with van der Waals surface area (Å²) in [5.74, 6) is 0. The largest absolute Gasteiger partial charge is 0.455 e. The Morgan fingerprint density at radius 3 is 1.46 bits per heavy atom. The first-order valence-corrected chi connectivity index (χ1v) is 19.2. The molecule has 56 heavy (non-hydrogen) atoms. The number of hydrogen-bond acceptors (Lipinski definition) is 2. The summed E-state index contributed by atoms with van der Waals surface area (Å²) in [4.78, 5) is 2.43. The van der Waals surface area contributed by atoms with Crippen molar-refractivity contribution in [1.29, 1.82) is 0 Å². The molecule has 0 atom stereocenters. The van der Waals surface area contributed by atoms with Gasteiger partial charge in [0.2, 0.25) is 0 Å². The fourth-order valence-electron chi connectivity index (χ4n) is 8.68. The zero-order chi connectivity index (χ0) is 37.0. The van der Waals surface area contributed by atoms with E-state index >= 15 is 0 Å². The standard InChI is InChI=1S/C54H35NO/c1-4-23-43-36(14-1)17-11-27-45(43)39-19-9-21-41(34-39)55(42-22-10-20-40(35-42)46-28-12-18-37-15-2-5-24-44(37)46)51-30-8-7-26-48(51)49-29-13-31-52-53(49)50-33-32-38-16-3-6-25-47(38)54(50)56-52/h1-35H. The van der Waals surface area contributed by atoms with Crippen molar-refractivity contribution in [2.24, 2.45) is 0 Å². The average molecular weight is 714 g/mol. The molecule has 0 N–H and O–H groups in total. The summed E-state index contributed by atoms with van der Waals surface area (Å²) in [5.41, 5.74) is 12.1. The second-order valence-electron chi connectivity index (χ2n) is 14.5. The molecule has 0 aliphatic heterocycles. The van der Waals surface area contributed by atoms with Crippen LogP contribution < -0.4 is 4.90 Å². The number of fused-ring (bicyclic) bond motifs is 7. The molecule has 0 aliphatic rings. The molecule has 11 rings (SSSR count). The second-order valence-corrected chi connectivity index (χ2v) is 14.5. The maximum atomic E-state index is 6.68. The summed E-state index contributed by atoms with van der Waals surface area (Å²) < 4.78 is 6.68. The van der Waals surface area contributed by atoms with Gasteiger partial charge in [-0.05, 0) is 97.2 Å². The number of benzene rings is 10. The first kappa shape index (κ1) is 32.0. The fourth-order valence-corrected chi connectivity index (χ4v) is 8.68. The smallest absolute Gasteiger partial charge is 0.143 e. The number of para-hydroxylation sites is 1. The van der Waals surface area contributed by atoms with Crippen molar-refractivity contribution < 1.29 is 4.42 Å². The summed E-state index contributed by atoms with van der Waals surface area (Å²) >= 11 is 0. The lowest BCUT2D eigenvalue weighted by molar-refractivity contribution is 0.673. The van der Waals surface area contributed by atoms with Crippen LogP contribution in [0.4, 0.5) is 17.1 Å². The molecule has 10 aromatic carbocycles. The lowest BCUT2D eigenvalue weighted by atomic mass is 9.95. The summed E-state index contributed by atoms with van der Waals surface area (Å²) in [7, 11) is 0. The third-order valence-corrected chi connectivity index (χ3v) is 11.2. The van der Waals surface area contributed by atoms with Gasteiger partial charge in [0, 0.05) is 33.1 Å². The zero-order valence-electron chi connectivity index (χ0n) is 30.6. The Kier molecular flexibility index (Phi) is 7.53. The number of hydrogen-bond donors (Lipinski definition) is 0. The van der Waals surface area contributed by atoms with Crippen molar-refractivity contribution in [1.82, 2.24) is 0 Å². The zero-order valence-corrected chi connectivity index (χ0v) is 30.6. The van der Waals surface area contributed by atoms with Gasteiger partial charge in [0.05, 0.1) is 5.69 Å². The minimum absolute atomic E-state index is 0.881. The topological polar surface area (TPSA) is 16.4 Å². The summed E-state index contributed by atoms with van der Waals surface area (Å²) in [5, 5.41) is 9.47. The van der Waals surface area contributed by atoms with Gasteiger partial charge in [-0.3, -0.25) is 0 Å². The lowest BCUT2D eigenvalue weighted by Gasteiger charge is -2.29. The van der Waals surface area contributed by atoms with E-state index in [2.05, 4.69) is 217 Å². The van der Waals surface area contributed by atoms with Gasteiger partial charge < -0.3 is 9.32 Å². The van der Waals surface area contributed by atoms with Gasteiger partial charge in [-0.25, -0.2) is 0 Å². The van der Waals surface area contributed by atoms with Crippen LogP contribution in [0.25, 0.3) is 87.6 Å². The van der Waals surface area contributed by atoms with Crippen molar-refractivity contribution in [3.05, 3.63) is 212 Å². The van der Waals surface area contributed by atoms with Crippen LogP contribution in [0, 0.1) is 0 Å². The van der Waals surface area contributed by atoms with E-state index in [-0.39, 0.29) is 0 Å². The second kappa shape index (κ2) is 13.2. The number of rotatable bonds is 6. The number of nitrogens with zero attached hydrogens (tertiary/aromatic N) is 1. The highest BCUT2D eigenvalue weighted by molar-refractivity contribution is 6.20. The highest BCUT2D eigenvalue weighted by Crippen LogP contribution is 2.47. The van der Waals surface area contributed by atoms with Crippen molar-refractivity contribution in [2.75, 3.05) is 4.90 Å².